The van der Waals surface area contributed by atoms with Gasteiger partial charge in [0.15, 0.2) is 0 Å². The Morgan fingerprint density at radius 3 is 2.77 bits per heavy atom. The van der Waals surface area contributed by atoms with Crippen molar-refractivity contribution >= 4 is 21.2 Å². The molecule has 0 radical (unpaired) electrons. The number of sulfone groups is 1. The summed E-state index contributed by atoms with van der Waals surface area (Å²) in [6.07, 6.45) is 0.808. The van der Waals surface area contributed by atoms with Crippen molar-refractivity contribution in [3.63, 3.8) is 0 Å². The highest BCUT2D eigenvalue weighted by Gasteiger charge is 2.11. The zero-order valence-corrected chi connectivity index (χ0v) is 8.94. The van der Waals surface area contributed by atoms with Crippen molar-refractivity contribution < 1.29 is 13.5 Å². The van der Waals surface area contributed by atoms with Crippen LogP contribution in [-0.4, -0.2) is 25.5 Å². The minimum Gasteiger partial charge on any atom is -0.388 e. The van der Waals surface area contributed by atoms with Crippen molar-refractivity contribution in [2.45, 2.75) is 12.5 Å². The molecule has 1 atom stereocenters. The monoisotopic (exact) mass is 220 g/mol. The zero-order chi connectivity index (χ0) is 9.90. The number of aliphatic hydroxyl groups is 1. The van der Waals surface area contributed by atoms with Crippen LogP contribution in [0.25, 0.3) is 0 Å². The molecular weight excluding hydrogens is 208 g/mol. The van der Waals surface area contributed by atoms with Gasteiger partial charge in [0, 0.05) is 11.1 Å². The molecule has 0 aliphatic heterocycles. The van der Waals surface area contributed by atoms with E-state index in [1.54, 1.807) is 6.07 Å². The van der Waals surface area contributed by atoms with Crippen LogP contribution in [-0.2, 0) is 9.84 Å². The molecule has 0 amide bonds. The van der Waals surface area contributed by atoms with Gasteiger partial charge in [-0.1, -0.05) is 6.07 Å². The number of aliphatic hydroxyl groups excluding tert-OH is 1. The molecule has 1 aromatic heterocycles. The molecule has 1 rings (SSSR count). The third-order valence-electron chi connectivity index (χ3n) is 1.63. The standard InChI is InChI=1S/C8H12O3S2/c1-13(10,11)6-4-7(9)8-3-2-5-12-8/h2-3,5,7,9H,4,6H2,1H3. The van der Waals surface area contributed by atoms with E-state index in [0.29, 0.717) is 0 Å². The van der Waals surface area contributed by atoms with E-state index in [-0.39, 0.29) is 12.2 Å². The van der Waals surface area contributed by atoms with E-state index in [0.717, 1.165) is 4.88 Å². The Hall–Kier alpha value is -0.390. The molecule has 1 N–H and O–H groups in total. The van der Waals surface area contributed by atoms with Crippen molar-refractivity contribution in [2.75, 3.05) is 12.0 Å². The summed E-state index contributed by atoms with van der Waals surface area (Å²) >= 11 is 1.44. The first-order valence-electron chi connectivity index (χ1n) is 3.88. The summed E-state index contributed by atoms with van der Waals surface area (Å²) < 4.78 is 21.6. The fourth-order valence-corrected chi connectivity index (χ4v) is 2.35. The third-order valence-corrected chi connectivity index (χ3v) is 3.58. The Balaban J connectivity index is 2.48. The van der Waals surface area contributed by atoms with Gasteiger partial charge in [0.25, 0.3) is 0 Å². The first-order valence-corrected chi connectivity index (χ1v) is 6.82. The van der Waals surface area contributed by atoms with Crippen molar-refractivity contribution in [3.8, 4) is 0 Å². The minimum absolute atomic E-state index is 0.0338. The SMILES string of the molecule is CS(=O)(=O)CCC(O)c1cccs1. The summed E-state index contributed by atoms with van der Waals surface area (Å²) in [4.78, 5) is 0.823. The summed E-state index contributed by atoms with van der Waals surface area (Å²) in [5.41, 5.74) is 0. The van der Waals surface area contributed by atoms with E-state index < -0.39 is 15.9 Å². The lowest BCUT2D eigenvalue weighted by atomic mass is 10.2. The van der Waals surface area contributed by atoms with Crippen molar-refractivity contribution in [3.05, 3.63) is 22.4 Å². The second-order valence-corrected chi connectivity index (χ2v) is 6.19. The quantitative estimate of drug-likeness (QED) is 0.830. The second-order valence-electron chi connectivity index (χ2n) is 2.95. The van der Waals surface area contributed by atoms with Crippen molar-refractivity contribution in [2.24, 2.45) is 0 Å². The highest BCUT2D eigenvalue weighted by molar-refractivity contribution is 7.90. The first kappa shape index (κ1) is 10.7. The van der Waals surface area contributed by atoms with Gasteiger partial charge in [0.05, 0.1) is 11.9 Å². The number of thiophene rings is 1. The van der Waals surface area contributed by atoms with E-state index in [1.807, 2.05) is 11.4 Å². The van der Waals surface area contributed by atoms with Gasteiger partial charge in [-0.15, -0.1) is 11.3 Å². The van der Waals surface area contributed by atoms with Gasteiger partial charge < -0.3 is 5.11 Å². The van der Waals surface area contributed by atoms with E-state index in [2.05, 4.69) is 0 Å². The Morgan fingerprint density at radius 1 is 1.62 bits per heavy atom. The lowest BCUT2D eigenvalue weighted by molar-refractivity contribution is 0.178. The maximum absolute atomic E-state index is 10.8. The molecule has 0 saturated heterocycles. The lowest BCUT2D eigenvalue weighted by Gasteiger charge is -2.06. The fourth-order valence-electron chi connectivity index (χ4n) is 0.949. The van der Waals surface area contributed by atoms with Crippen LogP contribution in [0.3, 0.4) is 0 Å². The van der Waals surface area contributed by atoms with Crippen molar-refractivity contribution in [1.29, 1.82) is 0 Å². The molecule has 1 aromatic rings. The molecule has 0 saturated carbocycles. The molecular formula is C8H12O3S2. The van der Waals surface area contributed by atoms with Gasteiger partial charge in [0.2, 0.25) is 0 Å². The molecule has 0 aliphatic carbocycles. The average Bonchev–Trinajstić information content (AvgIpc) is 2.50. The maximum atomic E-state index is 10.8. The normalized spacial score (nSPS) is 14.3. The average molecular weight is 220 g/mol. The Kier molecular flexibility index (Phi) is 3.47. The van der Waals surface area contributed by atoms with Gasteiger partial charge in [-0.25, -0.2) is 8.42 Å². The molecule has 0 aliphatic rings. The molecule has 0 fully saturated rings. The van der Waals surface area contributed by atoms with Gasteiger partial charge in [-0.2, -0.15) is 0 Å². The smallest absolute Gasteiger partial charge is 0.147 e. The molecule has 0 aromatic carbocycles. The summed E-state index contributed by atoms with van der Waals surface area (Å²) in [5, 5.41) is 11.4. The maximum Gasteiger partial charge on any atom is 0.147 e. The van der Waals surface area contributed by atoms with Crippen LogP contribution in [0.2, 0.25) is 0 Å². The molecule has 1 unspecified atom stereocenters. The fraction of sp³-hybridized carbons (Fsp3) is 0.500. The molecule has 5 heteroatoms. The van der Waals surface area contributed by atoms with Crippen LogP contribution in [0.15, 0.2) is 17.5 Å². The van der Waals surface area contributed by atoms with Crippen LogP contribution >= 0.6 is 11.3 Å². The van der Waals surface area contributed by atoms with Crippen LogP contribution in [0.4, 0.5) is 0 Å². The lowest BCUT2D eigenvalue weighted by Crippen LogP contribution is -2.07. The molecule has 0 spiro atoms. The molecule has 1 heterocycles. The van der Waals surface area contributed by atoms with Crippen molar-refractivity contribution in [1.82, 2.24) is 0 Å². The minimum atomic E-state index is -2.97. The molecule has 0 bridgehead atoms. The summed E-state index contributed by atoms with van der Waals surface area (Å²) in [6, 6.07) is 3.64. The van der Waals surface area contributed by atoms with E-state index >= 15 is 0 Å². The van der Waals surface area contributed by atoms with E-state index in [4.69, 9.17) is 0 Å². The van der Waals surface area contributed by atoms with Gasteiger partial charge in [0.1, 0.15) is 9.84 Å². The predicted octanol–water partition coefficient (Wildman–Crippen LogP) is 1.22. The second kappa shape index (κ2) is 4.21. The first-order chi connectivity index (χ1) is 5.99. The largest absolute Gasteiger partial charge is 0.388 e. The predicted molar refractivity (Wildman–Crippen MR) is 53.6 cm³/mol. The van der Waals surface area contributed by atoms with Crippen LogP contribution in [0.1, 0.15) is 17.4 Å². The Labute approximate surface area is 82.0 Å². The van der Waals surface area contributed by atoms with Gasteiger partial charge in [-0.05, 0) is 17.9 Å². The Morgan fingerprint density at radius 2 is 2.31 bits per heavy atom. The van der Waals surface area contributed by atoms with Crippen LogP contribution in [0.5, 0.6) is 0 Å². The molecule has 74 valence electrons. The zero-order valence-electron chi connectivity index (χ0n) is 7.30. The van der Waals surface area contributed by atoms with Crippen LogP contribution in [0, 0.1) is 0 Å². The van der Waals surface area contributed by atoms with Gasteiger partial charge >= 0.3 is 0 Å². The Bertz CT molecular complexity index is 339. The third kappa shape index (κ3) is 3.89. The topological polar surface area (TPSA) is 54.4 Å². The van der Waals surface area contributed by atoms with E-state index in [1.165, 1.54) is 17.6 Å². The van der Waals surface area contributed by atoms with Gasteiger partial charge in [-0.3, -0.25) is 0 Å². The number of rotatable bonds is 4. The summed E-state index contributed by atoms with van der Waals surface area (Å²) in [7, 11) is -2.97. The molecule has 13 heavy (non-hydrogen) atoms. The molecule has 3 nitrogen and oxygen atoms in total. The summed E-state index contributed by atoms with van der Waals surface area (Å²) in [6.45, 7) is 0. The number of hydrogen-bond donors (Lipinski definition) is 1. The summed E-state index contributed by atoms with van der Waals surface area (Å²) in [5.74, 6) is 0.0338. The highest BCUT2D eigenvalue weighted by Crippen LogP contribution is 2.21. The number of hydrogen-bond acceptors (Lipinski definition) is 4. The van der Waals surface area contributed by atoms with E-state index in [9.17, 15) is 13.5 Å². The van der Waals surface area contributed by atoms with Crippen LogP contribution < -0.4 is 0 Å². The highest BCUT2D eigenvalue weighted by atomic mass is 32.2.